The average molecular weight is 476 g/mol. The van der Waals surface area contributed by atoms with Crippen LogP contribution in [0.15, 0.2) is 78.9 Å². The summed E-state index contributed by atoms with van der Waals surface area (Å²) >= 11 is 0. The van der Waals surface area contributed by atoms with Crippen LogP contribution in [0.1, 0.15) is 24.5 Å². The molecule has 182 valence electrons. The second-order valence-electron chi connectivity index (χ2n) is 8.36. The quantitative estimate of drug-likeness (QED) is 0.400. The van der Waals surface area contributed by atoms with Crippen molar-refractivity contribution in [1.82, 2.24) is 0 Å². The molecule has 0 saturated carbocycles. The van der Waals surface area contributed by atoms with E-state index < -0.39 is 23.7 Å². The van der Waals surface area contributed by atoms with Gasteiger partial charge in [-0.25, -0.2) is 4.79 Å². The van der Waals surface area contributed by atoms with Crippen LogP contribution < -0.4 is 14.4 Å². The van der Waals surface area contributed by atoms with E-state index in [0.29, 0.717) is 30.0 Å². The predicted octanol–water partition coefficient (Wildman–Crippen LogP) is 5.12. The fraction of sp³-hybridized carbons (Fsp3) is 0.286. The Morgan fingerprint density at radius 3 is 2.11 bits per heavy atom. The second-order valence-corrected chi connectivity index (χ2v) is 8.36. The fourth-order valence-corrected chi connectivity index (χ4v) is 4.58. The van der Waals surface area contributed by atoms with Crippen molar-refractivity contribution < 1.29 is 28.5 Å². The van der Waals surface area contributed by atoms with Gasteiger partial charge in [0, 0.05) is 12.6 Å². The zero-order valence-electron chi connectivity index (χ0n) is 20.1. The molecular formula is C28H29NO6. The topological polar surface area (TPSA) is 74.3 Å². The van der Waals surface area contributed by atoms with Crippen molar-refractivity contribution in [3.63, 3.8) is 0 Å². The molecule has 35 heavy (non-hydrogen) atoms. The maximum atomic E-state index is 13.2. The minimum atomic E-state index is -1.08. The number of benzene rings is 3. The van der Waals surface area contributed by atoms with E-state index in [-0.39, 0.29) is 6.61 Å². The Hall–Kier alpha value is -4.00. The summed E-state index contributed by atoms with van der Waals surface area (Å²) in [5, 5.41) is 0. The van der Waals surface area contributed by atoms with Crippen LogP contribution in [0.4, 0.5) is 10.5 Å². The highest BCUT2D eigenvalue weighted by Crippen LogP contribution is 2.44. The molecule has 1 aliphatic rings. The molecule has 7 heteroatoms. The third-order valence-electron chi connectivity index (χ3n) is 6.30. The molecule has 0 radical (unpaired) electrons. The van der Waals surface area contributed by atoms with Crippen LogP contribution in [0.25, 0.3) is 0 Å². The molecule has 1 aliphatic heterocycles. The summed E-state index contributed by atoms with van der Waals surface area (Å²) in [5.41, 5.74) is 1.41. The molecule has 3 aromatic rings. The van der Waals surface area contributed by atoms with Gasteiger partial charge >= 0.3 is 12.1 Å². The lowest BCUT2D eigenvalue weighted by molar-refractivity contribution is -0.150. The number of aryl methyl sites for hydroxylation is 1. The number of rotatable bonds is 9. The molecule has 1 heterocycles. The van der Waals surface area contributed by atoms with E-state index >= 15 is 0 Å². The smallest absolute Gasteiger partial charge is 0.415 e. The van der Waals surface area contributed by atoms with Crippen molar-refractivity contribution in [2.75, 3.05) is 25.7 Å². The summed E-state index contributed by atoms with van der Waals surface area (Å²) in [7, 11) is 3.18. The standard InChI is InChI=1S/C28H29NO6/c1-20(30)35-26(18-9-21-7-5-4-6-8-21)28(22-10-14-24(32-2)15-11-22)19-34-27(31)29(28)23-12-16-25(33-3)17-13-23/h4-8,10-17,26H,9,18-19H2,1-3H3/t26?,28-/m0/s1. The Labute approximate surface area is 205 Å². The highest BCUT2D eigenvalue weighted by molar-refractivity contribution is 5.92. The highest BCUT2D eigenvalue weighted by Gasteiger charge is 2.56. The van der Waals surface area contributed by atoms with Gasteiger partial charge in [0.15, 0.2) is 0 Å². The summed E-state index contributed by atoms with van der Waals surface area (Å²) in [5.74, 6) is 0.917. The van der Waals surface area contributed by atoms with Crippen LogP contribution in [-0.4, -0.2) is 39.0 Å². The normalized spacial score (nSPS) is 18.0. The Balaban J connectivity index is 1.83. The number of esters is 1. The van der Waals surface area contributed by atoms with Gasteiger partial charge in [-0.05, 0) is 60.4 Å². The zero-order valence-corrected chi connectivity index (χ0v) is 20.1. The van der Waals surface area contributed by atoms with Gasteiger partial charge in [-0.1, -0.05) is 42.5 Å². The van der Waals surface area contributed by atoms with Crippen molar-refractivity contribution >= 4 is 17.7 Å². The van der Waals surface area contributed by atoms with E-state index in [4.69, 9.17) is 18.9 Å². The Morgan fingerprint density at radius 1 is 0.943 bits per heavy atom. The predicted molar refractivity (Wildman–Crippen MR) is 132 cm³/mol. The summed E-state index contributed by atoms with van der Waals surface area (Å²) in [6.07, 6.45) is -0.0507. The number of hydrogen-bond acceptors (Lipinski definition) is 6. The van der Waals surface area contributed by atoms with Gasteiger partial charge in [0.25, 0.3) is 0 Å². The molecule has 1 unspecified atom stereocenters. The lowest BCUT2D eigenvalue weighted by atomic mass is 9.81. The molecular weight excluding hydrogens is 446 g/mol. The third kappa shape index (κ3) is 4.94. The average Bonchev–Trinajstić information content (AvgIpc) is 3.24. The number of hydrogen-bond donors (Lipinski definition) is 0. The molecule has 2 atom stereocenters. The number of nitrogens with zero attached hydrogens (tertiary/aromatic N) is 1. The van der Waals surface area contributed by atoms with E-state index in [2.05, 4.69) is 0 Å². The van der Waals surface area contributed by atoms with Crippen LogP contribution >= 0.6 is 0 Å². The molecule has 1 amide bonds. The fourth-order valence-electron chi connectivity index (χ4n) is 4.58. The van der Waals surface area contributed by atoms with Gasteiger partial charge < -0.3 is 18.9 Å². The molecule has 0 spiro atoms. The Bertz CT molecular complexity index is 1150. The Morgan fingerprint density at radius 2 is 1.54 bits per heavy atom. The van der Waals surface area contributed by atoms with Crippen molar-refractivity contribution in [3.05, 3.63) is 90.0 Å². The third-order valence-corrected chi connectivity index (χ3v) is 6.30. The number of anilines is 1. The van der Waals surface area contributed by atoms with Crippen molar-refractivity contribution in [2.45, 2.75) is 31.4 Å². The number of carbonyl (C=O) groups is 2. The first-order valence-corrected chi connectivity index (χ1v) is 11.4. The highest BCUT2D eigenvalue weighted by atomic mass is 16.6. The van der Waals surface area contributed by atoms with Crippen molar-refractivity contribution in [1.29, 1.82) is 0 Å². The molecule has 0 aromatic heterocycles. The Kier molecular flexibility index (Phi) is 7.25. The lowest BCUT2D eigenvalue weighted by Crippen LogP contribution is -2.55. The molecule has 7 nitrogen and oxygen atoms in total. The minimum Gasteiger partial charge on any atom is -0.497 e. The summed E-state index contributed by atoms with van der Waals surface area (Å²) < 4.78 is 22.2. The number of methoxy groups -OCH3 is 2. The van der Waals surface area contributed by atoms with E-state index in [1.165, 1.54) is 6.92 Å². The first kappa shape index (κ1) is 24.1. The number of carbonyl (C=O) groups excluding carboxylic acids is 2. The van der Waals surface area contributed by atoms with Crippen LogP contribution in [-0.2, 0) is 26.2 Å². The summed E-state index contributed by atoms with van der Waals surface area (Å²) in [6, 6.07) is 24.6. The van der Waals surface area contributed by atoms with Gasteiger partial charge in [-0.15, -0.1) is 0 Å². The summed E-state index contributed by atoms with van der Waals surface area (Å²) in [4.78, 5) is 27.1. The van der Waals surface area contributed by atoms with Gasteiger partial charge in [0.2, 0.25) is 0 Å². The first-order chi connectivity index (χ1) is 17.0. The van der Waals surface area contributed by atoms with Gasteiger partial charge in [0.05, 0.1) is 14.2 Å². The maximum Gasteiger partial charge on any atom is 0.415 e. The summed E-state index contributed by atoms with van der Waals surface area (Å²) in [6.45, 7) is 1.41. The van der Waals surface area contributed by atoms with Crippen LogP contribution in [0, 0.1) is 0 Å². The van der Waals surface area contributed by atoms with Gasteiger partial charge in [0.1, 0.15) is 29.7 Å². The SMILES string of the molecule is COc1ccc(N2C(=O)OC[C@]2(c2ccc(OC)cc2)C(CCc2ccccc2)OC(C)=O)cc1. The first-order valence-electron chi connectivity index (χ1n) is 11.4. The number of amides is 1. The zero-order chi connectivity index (χ0) is 24.8. The molecule has 1 fully saturated rings. The van der Waals surface area contributed by atoms with Gasteiger partial charge in [-0.3, -0.25) is 9.69 Å². The molecule has 1 saturated heterocycles. The van der Waals surface area contributed by atoms with E-state index in [1.54, 1.807) is 43.4 Å². The minimum absolute atomic E-state index is 0.0247. The van der Waals surface area contributed by atoms with Crippen molar-refractivity contribution in [2.24, 2.45) is 0 Å². The van der Waals surface area contributed by atoms with E-state index in [0.717, 1.165) is 11.1 Å². The van der Waals surface area contributed by atoms with Gasteiger partial charge in [-0.2, -0.15) is 0 Å². The second kappa shape index (κ2) is 10.5. The number of ether oxygens (including phenoxy) is 4. The van der Waals surface area contributed by atoms with E-state index in [1.807, 2.05) is 54.6 Å². The molecule has 4 rings (SSSR count). The van der Waals surface area contributed by atoms with Crippen LogP contribution in [0.3, 0.4) is 0 Å². The van der Waals surface area contributed by atoms with Crippen molar-refractivity contribution in [3.8, 4) is 11.5 Å². The maximum absolute atomic E-state index is 13.2. The molecule has 3 aromatic carbocycles. The molecule has 0 bridgehead atoms. The largest absolute Gasteiger partial charge is 0.497 e. The lowest BCUT2D eigenvalue weighted by Gasteiger charge is -2.41. The number of cyclic esters (lactones) is 1. The molecule has 0 aliphatic carbocycles. The molecule has 0 N–H and O–H groups in total. The monoisotopic (exact) mass is 475 g/mol. The van der Waals surface area contributed by atoms with Crippen LogP contribution in [0.2, 0.25) is 0 Å². The van der Waals surface area contributed by atoms with E-state index in [9.17, 15) is 9.59 Å². The van der Waals surface area contributed by atoms with Crippen LogP contribution in [0.5, 0.6) is 11.5 Å².